The summed E-state index contributed by atoms with van der Waals surface area (Å²) in [7, 11) is 1.43. The van der Waals surface area contributed by atoms with Crippen LogP contribution in [-0.2, 0) is 0 Å². The van der Waals surface area contributed by atoms with Crippen LogP contribution in [0.25, 0.3) is 6.08 Å². The van der Waals surface area contributed by atoms with Crippen molar-refractivity contribution in [3.63, 3.8) is 0 Å². The lowest BCUT2D eigenvalue weighted by Crippen LogP contribution is -1.98. The van der Waals surface area contributed by atoms with Crippen molar-refractivity contribution in [1.29, 1.82) is 5.53 Å². The average molecular weight is 197 g/mol. The molecule has 0 fully saturated rings. The van der Waals surface area contributed by atoms with Gasteiger partial charge in [-0.2, -0.15) is 5.11 Å². The fraction of sp³-hybridized carbons (Fsp3) is 0.111. The molecule has 0 heterocycles. The molecule has 2 N–H and O–H groups in total. The number of rotatable bonds is 3. The van der Waals surface area contributed by atoms with Gasteiger partial charge in [-0.25, -0.2) is 14.3 Å². The highest BCUT2D eigenvalue weighted by molar-refractivity contribution is 5.70. The summed E-state index contributed by atoms with van der Waals surface area (Å²) >= 11 is 0. The SMILES string of the molecule is C=Cc1cc(N=N)c(NC)c(F)c1F. The second-order valence-corrected chi connectivity index (χ2v) is 2.55. The zero-order valence-electron chi connectivity index (χ0n) is 7.56. The lowest BCUT2D eigenvalue weighted by Gasteiger charge is -2.08. The Bertz CT molecular complexity index is 388. The van der Waals surface area contributed by atoms with E-state index >= 15 is 0 Å². The quantitative estimate of drug-likeness (QED) is 0.717. The summed E-state index contributed by atoms with van der Waals surface area (Å²) in [5.74, 6) is -2.03. The topological polar surface area (TPSA) is 48.2 Å². The van der Waals surface area contributed by atoms with E-state index < -0.39 is 11.6 Å². The predicted molar refractivity (Wildman–Crippen MR) is 50.8 cm³/mol. The molecule has 0 amide bonds. The number of benzene rings is 1. The fourth-order valence-corrected chi connectivity index (χ4v) is 1.11. The molecule has 0 unspecified atom stereocenters. The van der Waals surface area contributed by atoms with Gasteiger partial charge < -0.3 is 5.32 Å². The minimum Gasteiger partial charge on any atom is -0.384 e. The van der Waals surface area contributed by atoms with E-state index in [2.05, 4.69) is 17.0 Å². The summed E-state index contributed by atoms with van der Waals surface area (Å²) in [6.07, 6.45) is 1.17. The maximum Gasteiger partial charge on any atom is 0.184 e. The number of hydrogen-bond donors (Lipinski definition) is 2. The van der Waals surface area contributed by atoms with Gasteiger partial charge in [-0.15, -0.1) is 0 Å². The monoisotopic (exact) mass is 197 g/mol. The Labute approximate surface area is 80.0 Å². The van der Waals surface area contributed by atoms with E-state index in [-0.39, 0.29) is 16.9 Å². The molecule has 0 atom stereocenters. The molecular weight excluding hydrogens is 188 g/mol. The molecule has 0 radical (unpaired) electrons. The zero-order chi connectivity index (χ0) is 10.7. The normalized spacial score (nSPS) is 9.64. The third-order valence-corrected chi connectivity index (χ3v) is 1.80. The maximum absolute atomic E-state index is 13.3. The number of nitrogens with one attached hydrogen (secondary N) is 2. The molecule has 0 saturated heterocycles. The van der Waals surface area contributed by atoms with Crippen LogP contribution in [0.5, 0.6) is 0 Å². The Balaban J connectivity index is 3.53. The molecule has 0 aromatic heterocycles. The fourth-order valence-electron chi connectivity index (χ4n) is 1.11. The van der Waals surface area contributed by atoms with Crippen LogP contribution in [0.2, 0.25) is 0 Å². The summed E-state index contributed by atoms with van der Waals surface area (Å²) < 4.78 is 26.4. The molecule has 0 spiro atoms. The summed E-state index contributed by atoms with van der Waals surface area (Å²) in [6.45, 7) is 3.33. The summed E-state index contributed by atoms with van der Waals surface area (Å²) in [5, 5.41) is 5.53. The van der Waals surface area contributed by atoms with Crippen LogP contribution in [0, 0.1) is 17.2 Å². The van der Waals surface area contributed by atoms with Gasteiger partial charge in [0.25, 0.3) is 0 Å². The highest BCUT2D eigenvalue weighted by atomic mass is 19.2. The van der Waals surface area contributed by atoms with Crippen LogP contribution < -0.4 is 5.32 Å². The third-order valence-electron chi connectivity index (χ3n) is 1.80. The molecular formula is C9H9F2N3. The van der Waals surface area contributed by atoms with E-state index in [1.165, 1.54) is 19.2 Å². The standard InChI is InChI=1S/C9H9F2N3/c1-3-5-4-6(14-12)9(13-2)8(11)7(5)10/h3-4,12-13H,1H2,2H3. The molecule has 1 aromatic carbocycles. The summed E-state index contributed by atoms with van der Waals surface area (Å²) in [6, 6.07) is 1.25. The van der Waals surface area contributed by atoms with Crippen molar-refractivity contribution in [3.05, 3.63) is 29.8 Å². The van der Waals surface area contributed by atoms with Crippen molar-refractivity contribution in [2.24, 2.45) is 5.11 Å². The Morgan fingerprint density at radius 1 is 1.50 bits per heavy atom. The molecule has 74 valence electrons. The molecule has 3 nitrogen and oxygen atoms in total. The zero-order valence-corrected chi connectivity index (χ0v) is 7.56. The molecule has 5 heteroatoms. The molecule has 14 heavy (non-hydrogen) atoms. The van der Waals surface area contributed by atoms with Gasteiger partial charge in [0.05, 0.1) is 0 Å². The van der Waals surface area contributed by atoms with Gasteiger partial charge in [-0.3, -0.25) is 0 Å². The van der Waals surface area contributed by atoms with Gasteiger partial charge >= 0.3 is 0 Å². The van der Waals surface area contributed by atoms with Crippen molar-refractivity contribution in [3.8, 4) is 0 Å². The highest BCUT2D eigenvalue weighted by Gasteiger charge is 2.15. The third kappa shape index (κ3) is 1.48. The van der Waals surface area contributed by atoms with E-state index in [4.69, 9.17) is 5.53 Å². The van der Waals surface area contributed by atoms with Crippen LogP contribution >= 0.6 is 0 Å². The van der Waals surface area contributed by atoms with E-state index in [0.717, 1.165) is 0 Å². The molecule has 0 aliphatic heterocycles. The number of hydrogen-bond acceptors (Lipinski definition) is 3. The molecule has 1 aromatic rings. The Hall–Kier alpha value is -1.78. The Morgan fingerprint density at radius 2 is 2.14 bits per heavy atom. The van der Waals surface area contributed by atoms with Gasteiger partial charge in [-0.1, -0.05) is 12.7 Å². The highest BCUT2D eigenvalue weighted by Crippen LogP contribution is 2.32. The number of halogens is 2. The van der Waals surface area contributed by atoms with E-state index in [1.807, 2.05) is 0 Å². The average Bonchev–Trinajstić information content (AvgIpc) is 2.21. The largest absolute Gasteiger partial charge is 0.384 e. The first-order chi connectivity index (χ1) is 6.65. The van der Waals surface area contributed by atoms with Gasteiger partial charge in [0.15, 0.2) is 11.6 Å². The van der Waals surface area contributed by atoms with E-state index in [1.54, 1.807) is 0 Å². The van der Waals surface area contributed by atoms with Crippen molar-refractivity contribution in [2.75, 3.05) is 12.4 Å². The van der Waals surface area contributed by atoms with Gasteiger partial charge in [-0.05, 0) is 6.07 Å². The second-order valence-electron chi connectivity index (χ2n) is 2.55. The van der Waals surface area contributed by atoms with Gasteiger partial charge in [0, 0.05) is 12.6 Å². The maximum atomic E-state index is 13.3. The minimum absolute atomic E-state index is 0.00694. The molecule has 0 saturated carbocycles. The molecule has 0 aliphatic carbocycles. The first kappa shape index (κ1) is 10.3. The number of nitrogens with zero attached hydrogens (tertiary/aromatic N) is 1. The van der Waals surface area contributed by atoms with Gasteiger partial charge in [0.1, 0.15) is 11.4 Å². The number of anilines is 1. The van der Waals surface area contributed by atoms with Crippen LogP contribution in [0.15, 0.2) is 17.8 Å². The lowest BCUT2D eigenvalue weighted by atomic mass is 10.1. The molecule has 0 aliphatic rings. The van der Waals surface area contributed by atoms with Gasteiger partial charge in [0.2, 0.25) is 0 Å². The lowest BCUT2D eigenvalue weighted by molar-refractivity contribution is 0.510. The molecule has 1 rings (SSSR count). The Kier molecular flexibility index (Phi) is 2.91. The first-order valence-corrected chi connectivity index (χ1v) is 3.85. The first-order valence-electron chi connectivity index (χ1n) is 3.85. The minimum atomic E-state index is -1.05. The van der Waals surface area contributed by atoms with Crippen molar-refractivity contribution < 1.29 is 8.78 Å². The summed E-state index contributed by atoms with van der Waals surface area (Å²) in [5.41, 5.74) is 6.70. The van der Waals surface area contributed by atoms with E-state index in [9.17, 15) is 8.78 Å². The Morgan fingerprint density at radius 3 is 2.57 bits per heavy atom. The van der Waals surface area contributed by atoms with Crippen LogP contribution in [0.3, 0.4) is 0 Å². The molecule has 0 bridgehead atoms. The summed E-state index contributed by atoms with van der Waals surface area (Å²) in [4.78, 5) is 0. The smallest absolute Gasteiger partial charge is 0.184 e. The van der Waals surface area contributed by atoms with E-state index in [0.29, 0.717) is 0 Å². The second kappa shape index (κ2) is 3.95. The van der Waals surface area contributed by atoms with Crippen LogP contribution in [-0.4, -0.2) is 7.05 Å². The predicted octanol–water partition coefficient (Wildman–Crippen LogP) is 3.31. The van der Waals surface area contributed by atoms with Crippen LogP contribution in [0.1, 0.15) is 5.56 Å². The van der Waals surface area contributed by atoms with Crippen molar-refractivity contribution in [1.82, 2.24) is 0 Å². The van der Waals surface area contributed by atoms with Crippen molar-refractivity contribution >= 4 is 17.5 Å². The van der Waals surface area contributed by atoms with Crippen molar-refractivity contribution in [2.45, 2.75) is 0 Å². The van der Waals surface area contributed by atoms with Crippen LogP contribution in [0.4, 0.5) is 20.2 Å².